The second-order valence-corrected chi connectivity index (χ2v) is 11.4. The van der Waals surface area contributed by atoms with Crippen molar-refractivity contribution in [3.8, 4) is 44.5 Å². The summed E-state index contributed by atoms with van der Waals surface area (Å²) in [7, 11) is 0. The summed E-state index contributed by atoms with van der Waals surface area (Å²) >= 11 is 0. The summed E-state index contributed by atoms with van der Waals surface area (Å²) in [5.41, 5.74) is 11.9. The predicted molar refractivity (Wildman–Crippen MR) is 193 cm³/mol. The number of anilines is 2. The van der Waals surface area contributed by atoms with Crippen LogP contribution in [0.3, 0.4) is 0 Å². The largest absolute Gasteiger partial charge is 0.355 e. The van der Waals surface area contributed by atoms with Gasteiger partial charge in [0.15, 0.2) is 0 Å². The summed E-state index contributed by atoms with van der Waals surface area (Å²) in [6.45, 7) is 0. The average Bonchev–Trinajstić information content (AvgIpc) is 3.13. The summed E-state index contributed by atoms with van der Waals surface area (Å²) in [5, 5.41) is 8.69. The molecule has 0 aromatic heterocycles. The van der Waals surface area contributed by atoms with E-state index < -0.39 is 0 Å². The summed E-state index contributed by atoms with van der Waals surface area (Å²) in [5.74, 6) is 0. The van der Waals surface area contributed by atoms with Crippen molar-refractivity contribution < 1.29 is 0 Å². The van der Waals surface area contributed by atoms with Crippen LogP contribution in [-0.4, -0.2) is 0 Å². The van der Waals surface area contributed by atoms with Crippen molar-refractivity contribution in [3.05, 3.63) is 182 Å². The number of nitrogens with one attached hydrogen (secondary N) is 1. The Hall–Kier alpha value is -5.92. The Morgan fingerprint density at radius 3 is 1.47 bits per heavy atom. The van der Waals surface area contributed by atoms with Crippen LogP contribution >= 0.6 is 0 Å². The van der Waals surface area contributed by atoms with Crippen molar-refractivity contribution in [1.82, 2.24) is 0 Å². The molecule has 1 nitrogen and oxygen atoms in total. The van der Waals surface area contributed by atoms with Crippen molar-refractivity contribution in [2.24, 2.45) is 0 Å². The highest BCUT2D eigenvalue weighted by atomic mass is 14.9. The standard InChI is InChI=1S/C44H31N/c1-4-13-31(14-5-1)32-23-26-36(27-24-32)45-44-30-43-37(21-12-22-40(43)39-19-10-11-20-41(39)44)35-25-28-38(33-15-6-2-7-16-33)42(29-35)34-17-8-3-9-18-34/h1-30,45H. The molecule has 0 aliphatic heterocycles. The molecule has 0 spiro atoms. The lowest BCUT2D eigenvalue weighted by atomic mass is 9.89. The molecule has 0 radical (unpaired) electrons. The van der Waals surface area contributed by atoms with Gasteiger partial charge in [-0.1, -0.05) is 158 Å². The molecule has 8 aromatic carbocycles. The molecule has 0 bridgehead atoms. The smallest absolute Gasteiger partial charge is 0.0470 e. The molecular formula is C44H31N. The Kier molecular flexibility index (Phi) is 6.90. The zero-order valence-corrected chi connectivity index (χ0v) is 24.8. The molecule has 0 aliphatic carbocycles. The van der Waals surface area contributed by atoms with E-state index in [1.54, 1.807) is 0 Å². The van der Waals surface area contributed by atoms with Crippen LogP contribution in [0.15, 0.2) is 182 Å². The molecule has 1 heteroatoms. The van der Waals surface area contributed by atoms with Gasteiger partial charge in [0.25, 0.3) is 0 Å². The van der Waals surface area contributed by atoms with Crippen LogP contribution in [-0.2, 0) is 0 Å². The van der Waals surface area contributed by atoms with Crippen molar-refractivity contribution >= 4 is 32.9 Å². The molecule has 212 valence electrons. The molecule has 0 aliphatic rings. The second kappa shape index (κ2) is 11.6. The van der Waals surface area contributed by atoms with Gasteiger partial charge in [-0.2, -0.15) is 0 Å². The van der Waals surface area contributed by atoms with Crippen molar-refractivity contribution in [2.75, 3.05) is 5.32 Å². The molecular weight excluding hydrogens is 542 g/mol. The Labute approximate surface area is 264 Å². The van der Waals surface area contributed by atoms with Crippen molar-refractivity contribution in [2.45, 2.75) is 0 Å². The van der Waals surface area contributed by atoms with Crippen LogP contribution in [0.4, 0.5) is 11.4 Å². The molecule has 0 heterocycles. The first-order valence-corrected chi connectivity index (χ1v) is 15.4. The lowest BCUT2D eigenvalue weighted by molar-refractivity contribution is 1.56. The Morgan fingerprint density at radius 1 is 0.267 bits per heavy atom. The maximum Gasteiger partial charge on any atom is 0.0470 e. The van der Waals surface area contributed by atoms with Gasteiger partial charge in [0.05, 0.1) is 0 Å². The average molecular weight is 574 g/mol. The molecule has 0 unspecified atom stereocenters. The number of rotatable bonds is 6. The summed E-state index contributed by atoms with van der Waals surface area (Å²) in [4.78, 5) is 0. The van der Waals surface area contributed by atoms with Gasteiger partial charge in [0, 0.05) is 16.8 Å². The van der Waals surface area contributed by atoms with Gasteiger partial charge in [-0.05, 0) is 84.9 Å². The van der Waals surface area contributed by atoms with Crippen LogP contribution in [0.5, 0.6) is 0 Å². The van der Waals surface area contributed by atoms with E-state index in [-0.39, 0.29) is 0 Å². The third-order valence-corrected chi connectivity index (χ3v) is 8.67. The first kappa shape index (κ1) is 26.7. The Bertz CT molecular complexity index is 2250. The van der Waals surface area contributed by atoms with Gasteiger partial charge in [-0.25, -0.2) is 0 Å². The highest BCUT2D eigenvalue weighted by molar-refractivity contribution is 6.17. The maximum absolute atomic E-state index is 3.76. The normalized spacial score (nSPS) is 11.1. The van der Waals surface area contributed by atoms with Gasteiger partial charge in [0.2, 0.25) is 0 Å². The second-order valence-electron chi connectivity index (χ2n) is 11.4. The first-order chi connectivity index (χ1) is 22.3. The third kappa shape index (κ3) is 5.15. The van der Waals surface area contributed by atoms with E-state index in [4.69, 9.17) is 0 Å². The van der Waals surface area contributed by atoms with Crippen molar-refractivity contribution in [3.63, 3.8) is 0 Å². The Morgan fingerprint density at radius 2 is 0.778 bits per heavy atom. The molecule has 8 rings (SSSR count). The molecule has 0 saturated carbocycles. The number of fused-ring (bicyclic) bond motifs is 3. The van der Waals surface area contributed by atoms with E-state index in [9.17, 15) is 0 Å². The number of benzene rings is 8. The van der Waals surface area contributed by atoms with E-state index in [1.165, 1.54) is 66.1 Å². The molecule has 8 aromatic rings. The highest BCUT2D eigenvalue weighted by Gasteiger charge is 2.14. The summed E-state index contributed by atoms with van der Waals surface area (Å²) in [6.07, 6.45) is 0. The predicted octanol–water partition coefficient (Wildman–Crippen LogP) is 12.4. The van der Waals surface area contributed by atoms with Gasteiger partial charge in [-0.15, -0.1) is 0 Å². The van der Waals surface area contributed by atoms with E-state index in [2.05, 4.69) is 187 Å². The van der Waals surface area contributed by atoms with Crippen LogP contribution in [0.25, 0.3) is 66.1 Å². The van der Waals surface area contributed by atoms with Crippen LogP contribution in [0.2, 0.25) is 0 Å². The molecule has 0 saturated heterocycles. The third-order valence-electron chi connectivity index (χ3n) is 8.67. The molecule has 0 atom stereocenters. The van der Waals surface area contributed by atoms with Crippen molar-refractivity contribution in [1.29, 1.82) is 0 Å². The van der Waals surface area contributed by atoms with Crippen LogP contribution in [0.1, 0.15) is 0 Å². The lowest BCUT2D eigenvalue weighted by Gasteiger charge is -2.17. The van der Waals surface area contributed by atoms with Gasteiger partial charge in [-0.3, -0.25) is 0 Å². The lowest BCUT2D eigenvalue weighted by Crippen LogP contribution is -1.94. The highest BCUT2D eigenvalue weighted by Crippen LogP contribution is 2.41. The molecule has 1 N–H and O–H groups in total. The molecule has 45 heavy (non-hydrogen) atoms. The van der Waals surface area contributed by atoms with E-state index in [0.29, 0.717) is 0 Å². The summed E-state index contributed by atoms with van der Waals surface area (Å²) < 4.78 is 0. The van der Waals surface area contributed by atoms with Gasteiger partial charge in [0.1, 0.15) is 0 Å². The maximum atomic E-state index is 3.76. The monoisotopic (exact) mass is 573 g/mol. The number of hydrogen-bond acceptors (Lipinski definition) is 1. The van der Waals surface area contributed by atoms with Crippen LogP contribution < -0.4 is 5.32 Å². The van der Waals surface area contributed by atoms with E-state index in [0.717, 1.165) is 11.4 Å². The summed E-state index contributed by atoms with van der Waals surface area (Å²) in [6, 6.07) is 65.2. The minimum absolute atomic E-state index is 1.07. The zero-order valence-electron chi connectivity index (χ0n) is 24.8. The zero-order chi connectivity index (χ0) is 30.0. The topological polar surface area (TPSA) is 12.0 Å². The fraction of sp³-hybridized carbons (Fsp3) is 0. The SMILES string of the molecule is c1ccc(-c2ccc(Nc3cc4c(-c5ccc(-c6ccccc6)c(-c6ccccc6)c5)cccc4c4ccccc34)cc2)cc1. The quantitative estimate of drug-likeness (QED) is 0.195. The fourth-order valence-electron chi connectivity index (χ4n) is 6.46. The fourth-order valence-corrected chi connectivity index (χ4v) is 6.46. The Balaban J connectivity index is 1.27. The first-order valence-electron chi connectivity index (χ1n) is 15.4. The van der Waals surface area contributed by atoms with Gasteiger partial charge >= 0.3 is 0 Å². The minimum Gasteiger partial charge on any atom is -0.355 e. The van der Waals surface area contributed by atoms with Crippen LogP contribution in [0, 0.1) is 0 Å². The van der Waals surface area contributed by atoms with Gasteiger partial charge < -0.3 is 5.32 Å². The minimum atomic E-state index is 1.07. The molecule has 0 fully saturated rings. The van der Waals surface area contributed by atoms with E-state index >= 15 is 0 Å². The van der Waals surface area contributed by atoms with E-state index in [1.807, 2.05) is 0 Å². The number of hydrogen-bond donors (Lipinski definition) is 1. The molecule has 0 amide bonds.